The van der Waals surface area contributed by atoms with Crippen LogP contribution in [0.5, 0.6) is 0 Å². The van der Waals surface area contributed by atoms with Crippen LogP contribution < -0.4 is 10.0 Å². The van der Waals surface area contributed by atoms with E-state index >= 15 is 0 Å². The maximum atomic E-state index is 14.2. The molecule has 11 heteroatoms. The van der Waals surface area contributed by atoms with Crippen molar-refractivity contribution < 1.29 is 30.8 Å². The Morgan fingerprint density at radius 1 is 1.17 bits per heavy atom. The number of sulfonamides is 1. The lowest BCUT2D eigenvalue weighted by molar-refractivity contribution is -0.127. The van der Waals surface area contributed by atoms with Gasteiger partial charge in [-0.3, -0.25) is 14.5 Å². The number of unbranched alkanes of at least 4 members (excludes halogenated alkanes) is 2. The van der Waals surface area contributed by atoms with Crippen LogP contribution in [0, 0.1) is 5.82 Å². The number of aryl methyl sites for hydroxylation is 1. The Balaban J connectivity index is 2.12. The van der Waals surface area contributed by atoms with Crippen LogP contribution in [-0.4, -0.2) is 31.7 Å². The SMILES string of the molecule is CCCCCc1nc(CC(F)(F)F)ccc1C=CC(=O)N[C@H](C)c1ccc(NS(C)(=O)=O)c(F)c1. The van der Waals surface area contributed by atoms with Crippen LogP contribution >= 0.6 is 0 Å². The lowest BCUT2D eigenvalue weighted by Gasteiger charge is -2.15. The second-order valence-corrected chi connectivity index (χ2v) is 10.0. The molecule has 6 nitrogen and oxygen atoms in total. The van der Waals surface area contributed by atoms with Gasteiger partial charge in [-0.25, -0.2) is 12.8 Å². The Morgan fingerprint density at radius 3 is 2.49 bits per heavy atom. The average Bonchev–Trinajstić information content (AvgIpc) is 2.72. The number of hydrogen-bond donors (Lipinski definition) is 2. The number of carbonyl (C=O) groups excluding carboxylic acids is 1. The molecule has 0 aliphatic rings. The van der Waals surface area contributed by atoms with E-state index in [1.165, 1.54) is 36.4 Å². The lowest BCUT2D eigenvalue weighted by atomic mass is 10.0. The number of nitrogens with one attached hydrogen (secondary N) is 2. The van der Waals surface area contributed by atoms with Crippen LogP contribution in [0.15, 0.2) is 36.4 Å². The Kier molecular flexibility index (Phi) is 9.82. The van der Waals surface area contributed by atoms with Crippen molar-refractivity contribution in [2.45, 2.75) is 58.2 Å². The molecule has 1 atom stereocenters. The number of carbonyl (C=O) groups is 1. The fourth-order valence-electron chi connectivity index (χ4n) is 3.35. The third-order valence-corrected chi connectivity index (χ3v) is 5.62. The third kappa shape index (κ3) is 10.1. The van der Waals surface area contributed by atoms with E-state index in [1.807, 2.05) is 6.92 Å². The predicted molar refractivity (Wildman–Crippen MR) is 128 cm³/mol. The monoisotopic (exact) mass is 515 g/mol. The molecule has 0 aliphatic heterocycles. The van der Waals surface area contributed by atoms with Gasteiger partial charge in [-0.2, -0.15) is 13.2 Å². The molecule has 0 bridgehead atoms. The van der Waals surface area contributed by atoms with E-state index in [4.69, 9.17) is 0 Å². The first kappa shape index (κ1) is 28.3. The number of rotatable bonds is 11. The van der Waals surface area contributed by atoms with Crippen molar-refractivity contribution in [3.63, 3.8) is 0 Å². The quantitative estimate of drug-likeness (QED) is 0.241. The summed E-state index contributed by atoms with van der Waals surface area (Å²) in [4.78, 5) is 16.6. The Morgan fingerprint density at radius 2 is 1.89 bits per heavy atom. The van der Waals surface area contributed by atoms with E-state index in [2.05, 4.69) is 15.0 Å². The molecule has 1 aromatic carbocycles. The molecule has 35 heavy (non-hydrogen) atoms. The smallest absolute Gasteiger partial charge is 0.346 e. The normalized spacial score (nSPS) is 13.1. The Labute approximate surface area is 202 Å². The first-order valence-corrected chi connectivity index (χ1v) is 13.0. The minimum Gasteiger partial charge on any atom is -0.346 e. The van der Waals surface area contributed by atoms with Gasteiger partial charge in [0, 0.05) is 17.5 Å². The van der Waals surface area contributed by atoms with Crippen LogP contribution in [0.4, 0.5) is 23.2 Å². The van der Waals surface area contributed by atoms with Crippen LogP contribution in [0.1, 0.15) is 61.7 Å². The van der Waals surface area contributed by atoms with Gasteiger partial charge in [-0.15, -0.1) is 0 Å². The summed E-state index contributed by atoms with van der Waals surface area (Å²) in [5, 5.41) is 2.68. The molecule has 0 saturated carbocycles. The van der Waals surface area contributed by atoms with Gasteiger partial charge >= 0.3 is 6.18 Å². The highest BCUT2D eigenvalue weighted by atomic mass is 32.2. The van der Waals surface area contributed by atoms with Gasteiger partial charge in [0.15, 0.2) is 0 Å². The molecule has 2 rings (SSSR count). The van der Waals surface area contributed by atoms with Gasteiger partial charge in [-0.1, -0.05) is 31.9 Å². The van der Waals surface area contributed by atoms with Crippen molar-refractivity contribution in [3.8, 4) is 0 Å². The molecule has 1 aromatic heterocycles. The van der Waals surface area contributed by atoms with Crippen LogP contribution in [-0.2, 0) is 27.7 Å². The molecule has 0 unspecified atom stereocenters. The van der Waals surface area contributed by atoms with E-state index < -0.39 is 40.4 Å². The van der Waals surface area contributed by atoms with E-state index in [9.17, 15) is 30.8 Å². The Bertz CT molecular complexity index is 1170. The second-order valence-electron chi connectivity index (χ2n) is 8.26. The summed E-state index contributed by atoms with van der Waals surface area (Å²) >= 11 is 0. The summed E-state index contributed by atoms with van der Waals surface area (Å²) in [6.07, 6.45) is 1.27. The van der Waals surface area contributed by atoms with E-state index in [0.717, 1.165) is 31.6 Å². The number of alkyl halides is 3. The molecule has 0 fully saturated rings. The maximum absolute atomic E-state index is 14.2. The first-order valence-electron chi connectivity index (χ1n) is 11.1. The van der Waals surface area contributed by atoms with E-state index in [-0.39, 0.29) is 11.4 Å². The van der Waals surface area contributed by atoms with Crippen LogP contribution in [0.25, 0.3) is 6.08 Å². The van der Waals surface area contributed by atoms with Crippen molar-refractivity contribution in [2.75, 3.05) is 11.0 Å². The standard InChI is InChI=1S/C24H29F4N3O3S/c1-4-5-6-7-21-17(8-11-19(30-21)15-24(26,27)28)10-13-23(32)29-16(2)18-9-12-22(20(25)14-18)31-35(3,33)34/h8-14,16,31H,4-7,15H2,1-3H3,(H,29,32)/t16-/m1/s1. The maximum Gasteiger partial charge on any atom is 0.394 e. The van der Waals surface area contributed by atoms with Crippen molar-refractivity contribution >= 4 is 27.7 Å². The lowest BCUT2D eigenvalue weighted by Crippen LogP contribution is -2.24. The predicted octanol–water partition coefficient (Wildman–Crippen LogP) is 5.32. The topological polar surface area (TPSA) is 88.2 Å². The van der Waals surface area contributed by atoms with E-state index in [1.54, 1.807) is 6.92 Å². The summed E-state index contributed by atoms with van der Waals surface area (Å²) in [6.45, 7) is 3.65. The summed E-state index contributed by atoms with van der Waals surface area (Å²) in [5.41, 5.74) is 1.19. The number of halogens is 4. The summed E-state index contributed by atoms with van der Waals surface area (Å²) in [6, 6.07) is 6.10. The number of benzene rings is 1. The molecule has 0 spiro atoms. The zero-order chi connectivity index (χ0) is 26.2. The molecule has 0 saturated heterocycles. The van der Waals surface area contributed by atoms with Crippen LogP contribution in [0.3, 0.4) is 0 Å². The minimum atomic E-state index is -4.36. The highest BCUT2D eigenvalue weighted by Gasteiger charge is 2.28. The largest absolute Gasteiger partial charge is 0.394 e. The minimum absolute atomic E-state index is 0.0740. The summed E-state index contributed by atoms with van der Waals surface area (Å²) < 4.78 is 77.1. The van der Waals surface area contributed by atoms with Gasteiger partial charge < -0.3 is 5.32 Å². The van der Waals surface area contributed by atoms with Crippen LogP contribution in [0.2, 0.25) is 0 Å². The average molecular weight is 516 g/mol. The number of anilines is 1. The van der Waals surface area contributed by atoms with Crippen molar-refractivity contribution in [1.29, 1.82) is 0 Å². The number of amides is 1. The molecule has 2 aromatic rings. The van der Waals surface area contributed by atoms with Crippen molar-refractivity contribution in [1.82, 2.24) is 10.3 Å². The highest BCUT2D eigenvalue weighted by Crippen LogP contribution is 2.23. The van der Waals surface area contributed by atoms with Gasteiger partial charge in [0.25, 0.3) is 0 Å². The summed E-state index contributed by atoms with van der Waals surface area (Å²) in [5.74, 6) is -1.28. The van der Waals surface area contributed by atoms with Gasteiger partial charge in [0.1, 0.15) is 5.82 Å². The number of aromatic nitrogens is 1. The highest BCUT2D eigenvalue weighted by molar-refractivity contribution is 7.92. The molecule has 192 valence electrons. The number of pyridine rings is 1. The fraction of sp³-hybridized carbons (Fsp3) is 0.417. The molecule has 1 amide bonds. The molecular weight excluding hydrogens is 486 g/mol. The molecule has 1 heterocycles. The van der Waals surface area contributed by atoms with Gasteiger partial charge in [-0.05, 0) is 55.2 Å². The first-order chi connectivity index (χ1) is 16.3. The second kappa shape index (κ2) is 12.1. The van der Waals surface area contributed by atoms with Crippen molar-refractivity contribution in [2.24, 2.45) is 0 Å². The van der Waals surface area contributed by atoms with Crippen molar-refractivity contribution in [3.05, 3.63) is 64.7 Å². The van der Waals surface area contributed by atoms with Gasteiger partial charge in [0.2, 0.25) is 15.9 Å². The molecule has 2 N–H and O–H groups in total. The zero-order valence-electron chi connectivity index (χ0n) is 19.7. The Hall–Kier alpha value is -2.95. The molecule has 0 radical (unpaired) electrons. The summed E-state index contributed by atoms with van der Waals surface area (Å²) in [7, 11) is -3.64. The zero-order valence-corrected chi connectivity index (χ0v) is 20.6. The van der Waals surface area contributed by atoms with Gasteiger partial charge in [0.05, 0.1) is 24.4 Å². The number of nitrogens with zero attached hydrogens (tertiary/aromatic N) is 1. The fourth-order valence-corrected chi connectivity index (χ4v) is 3.91. The van der Waals surface area contributed by atoms with E-state index in [0.29, 0.717) is 23.2 Å². The number of hydrogen-bond acceptors (Lipinski definition) is 4. The third-order valence-electron chi connectivity index (χ3n) is 5.03. The molecular formula is C24H29F4N3O3S. The molecule has 0 aliphatic carbocycles.